The number of benzene rings is 2. The molecule has 0 amide bonds. The van der Waals surface area contributed by atoms with E-state index in [1.807, 2.05) is 0 Å². The molecule has 0 bridgehead atoms. The molecule has 4 rings (SSSR count). The van der Waals surface area contributed by atoms with E-state index in [0.29, 0.717) is 12.0 Å². The van der Waals surface area contributed by atoms with Gasteiger partial charge in [-0.3, -0.25) is 0 Å². The fourth-order valence-electron chi connectivity index (χ4n) is 4.29. The summed E-state index contributed by atoms with van der Waals surface area (Å²) in [6, 6.07) is 13.9. The van der Waals surface area contributed by atoms with Crippen LogP contribution in [0.1, 0.15) is 47.2 Å². The fraction of sp³-hybridized carbons (Fsp3) is 0.429. The van der Waals surface area contributed by atoms with Gasteiger partial charge < -0.3 is 10.1 Å². The van der Waals surface area contributed by atoms with Crippen molar-refractivity contribution in [3.63, 3.8) is 0 Å². The van der Waals surface area contributed by atoms with E-state index < -0.39 is 0 Å². The summed E-state index contributed by atoms with van der Waals surface area (Å²) in [4.78, 5) is 1.32. The molecule has 1 N–H and O–H groups in total. The van der Waals surface area contributed by atoms with E-state index >= 15 is 0 Å². The largest absolute Gasteiger partial charge is 0.377 e. The third-order valence-electron chi connectivity index (χ3n) is 5.39. The van der Waals surface area contributed by atoms with Crippen molar-refractivity contribution in [1.29, 1.82) is 0 Å². The number of thioether (sulfide) groups is 1. The van der Waals surface area contributed by atoms with Crippen LogP contribution in [-0.2, 0) is 4.74 Å². The van der Waals surface area contributed by atoms with Crippen molar-refractivity contribution in [1.82, 2.24) is 0 Å². The predicted molar refractivity (Wildman–Crippen MR) is 102 cm³/mol. The second-order valence-corrected chi connectivity index (χ2v) is 7.92. The van der Waals surface area contributed by atoms with Crippen LogP contribution in [0, 0.1) is 19.8 Å². The summed E-state index contributed by atoms with van der Waals surface area (Å²) in [6.45, 7) is 5.26. The molecule has 2 aliphatic rings. The number of anilines is 1. The van der Waals surface area contributed by atoms with E-state index in [0.717, 1.165) is 13.0 Å². The van der Waals surface area contributed by atoms with Gasteiger partial charge in [0.2, 0.25) is 0 Å². The van der Waals surface area contributed by atoms with Crippen LogP contribution in [0.4, 0.5) is 5.69 Å². The van der Waals surface area contributed by atoms with E-state index in [2.05, 4.69) is 61.8 Å². The quantitative estimate of drug-likeness (QED) is 0.713. The molecule has 2 aliphatic heterocycles. The van der Waals surface area contributed by atoms with Gasteiger partial charge in [-0.1, -0.05) is 29.8 Å². The van der Waals surface area contributed by atoms with Gasteiger partial charge >= 0.3 is 0 Å². The second kappa shape index (κ2) is 6.45. The molecule has 1 saturated heterocycles. The Hall–Kier alpha value is -1.45. The first-order chi connectivity index (χ1) is 11.7. The van der Waals surface area contributed by atoms with Crippen molar-refractivity contribution in [3.8, 4) is 0 Å². The Morgan fingerprint density at radius 1 is 1.12 bits per heavy atom. The molecule has 0 saturated carbocycles. The van der Waals surface area contributed by atoms with Gasteiger partial charge in [0.05, 0.1) is 12.1 Å². The molecule has 3 atom stereocenters. The molecule has 24 heavy (non-hydrogen) atoms. The first-order valence-electron chi connectivity index (χ1n) is 8.80. The van der Waals surface area contributed by atoms with E-state index in [4.69, 9.17) is 4.74 Å². The van der Waals surface area contributed by atoms with Gasteiger partial charge in [-0.05, 0) is 56.2 Å². The van der Waals surface area contributed by atoms with Crippen LogP contribution in [0.25, 0.3) is 0 Å². The summed E-state index contributed by atoms with van der Waals surface area (Å²) in [5.74, 6) is 0.507. The van der Waals surface area contributed by atoms with Crippen LogP contribution in [0.5, 0.6) is 0 Å². The van der Waals surface area contributed by atoms with Crippen molar-refractivity contribution in [3.05, 3.63) is 58.7 Å². The van der Waals surface area contributed by atoms with Crippen LogP contribution in [-0.4, -0.2) is 12.9 Å². The number of ether oxygens (including phenoxy) is 1. The average Bonchev–Trinajstić information content (AvgIpc) is 2.61. The topological polar surface area (TPSA) is 21.3 Å². The van der Waals surface area contributed by atoms with Gasteiger partial charge in [0, 0.05) is 28.7 Å². The van der Waals surface area contributed by atoms with Gasteiger partial charge in [-0.25, -0.2) is 0 Å². The van der Waals surface area contributed by atoms with Gasteiger partial charge in [-0.15, -0.1) is 11.8 Å². The van der Waals surface area contributed by atoms with Crippen molar-refractivity contribution in [2.75, 3.05) is 18.2 Å². The third-order valence-corrected chi connectivity index (χ3v) is 6.13. The summed E-state index contributed by atoms with van der Waals surface area (Å²) >= 11 is 1.79. The van der Waals surface area contributed by atoms with E-state index in [-0.39, 0.29) is 6.10 Å². The van der Waals surface area contributed by atoms with E-state index in [9.17, 15) is 0 Å². The fourth-order valence-corrected chi connectivity index (χ4v) is 4.70. The molecular formula is C21H25NOS. The zero-order chi connectivity index (χ0) is 16.7. The molecule has 2 nitrogen and oxygen atoms in total. The molecule has 0 radical (unpaired) electrons. The summed E-state index contributed by atoms with van der Waals surface area (Å²) < 4.78 is 6.27. The number of aryl methyl sites for hydroxylation is 2. The Bertz CT molecular complexity index is 740. The lowest BCUT2D eigenvalue weighted by molar-refractivity contribution is -0.0382. The molecule has 1 fully saturated rings. The maximum absolute atomic E-state index is 6.27. The zero-order valence-corrected chi connectivity index (χ0v) is 15.5. The molecule has 0 spiro atoms. The summed E-state index contributed by atoms with van der Waals surface area (Å²) in [5, 5.41) is 3.86. The first kappa shape index (κ1) is 16.0. The number of fused-ring (bicyclic) bond motifs is 3. The van der Waals surface area contributed by atoms with Crippen LogP contribution >= 0.6 is 11.8 Å². The number of hydrogen-bond acceptors (Lipinski definition) is 3. The molecule has 2 aromatic rings. The van der Waals surface area contributed by atoms with Crippen LogP contribution < -0.4 is 5.32 Å². The normalized spacial score (nSPS) is 25.5. The van der Waals surface area contributed by atoms with Crippen molar-refractivity contribution >= 4 is 17.4 Å². The summed E-state index contributed by atoms with van der Waals surface area (Å²) in [6.07, 6.45) is 4.72. The molecular weight excluding hydrogens is 314 g/mol. The standard InChI is InChI=1S/C21H25NOS/c1-13-11-14(2)19-18(12-13)21-17(5-4-10-23-21)20(22-19)15-6-8-16(24-3)9-7-15/h6-9,11-12,17,20-22H,4-5,10H2,1-3H3/t17-,20?,21-/m0/s1. The Morgan fingerprint density at radius 3 is 2.67 bits per heavy atom. The van der Waals surface area contributed by atoms with E-state index in [1.165, 1.54) is 39.3 Å². The van der Waals surface area contributed by atoms with Gasteiger partial charge in [-0.2, -0.15) is 0 Å². The predicted octanol–water partition coefficient (Wildman–Crippen LogP) is 5.66. The van der Waals surface area contributed by atoms with Crippen LogP contribution in [0.15, 0.2) is 41.3 Å². The van der Waals surface area contributed by atoms with Crippen molar-refractivity contribution in [2.24, 2.45) is 5.92 Å². The minimum absolute atomic E-state index is 0.221. The van der Waals surface area contributed by atoms with Crippen LogP contribution in [0.3, 0.4) is 0 Å². The molecule has 3 heteroatoms. The highest BCUT2D eigenvalue weighted by Gasteiger charge is 2.40. The Morgan fingerprint density at radius 2 is 1.92 bits per heavy atom. The van der Waals surface area contributed by atoms with Crippen molar-refractivity contribution < 1.29 is 4.74 Å². The number of hydrogen-bond donors (Lipinski definition) is 1. The highest BCUT2D eigenvalue weighted by molar-refractivity contribution is 7.98. The minimum Gasteiger partial charge on any atom is -0.377 e. The highest BCUT2D eigenvalue weighted by Crippen LogP contribution is 2.50. The molecule has 2 heterocycles. The lowest BCUT2D eigenvalue weighted by Crippen LogP contribution is -2.36. The Balaban J connectivity index is 1.77. The Kier molecular flexibility index (Phi) is 4.31. The molecule has 1 unspecified atom stereocenters. The first-order valence-corrected chi connectivity index (χ1v) is 10.0. The Labute approximate surface area is 149 Å². The SMILES string of the molecule is CSc1ccc(C2Nc3c(C)cc(C)cc3[C@H]3OCCC[C@@H]23)cc1. The second-order valence-electron chi connectivity index (χ2n) is 7.04. The summed E-state index contributed by atoms with van der Waals surface area (Å²) in [7, 11) is 0. The lowest BCUT2D eigenvalue weighted by atomic mass is 9.76. The summed E-state index contributed by atoms with van der Waals surface area (Å²) in [5.41, 5.74) is 6.66. The van der Waals surface area contributed by atoms with E-state index in [1.54, 1.807) is 11.8 Å². The molecule has 0 aliphatic carbocycles. The zero-order valence-electron chi connectivity index (χ0n) is 14.6. The maximum atomic E-state index is 6.27. The molecule has 0 aromatic heterocycles. The number of rotatable bonds is 2. The molecule has 126 valence electrons. The average molecular weight is 340 g/mol. The van der Waals surface area contributed by atoms with Gasteiger partial charge in [0.15, 0.2) is 0 Å². The monoisotopic (exact) mass is 339 g/mol. The van der Waals surface area contributed by atoms with Gasteiger partial charge in [0.25, 0.3) is 0 Å². The number of nitrogens with one attached hydrogen (secondary N) is 1. The minimum atomic E-state index is 0.221. The maximum Gasteiger partial charge on any atom is 0.0896 e. The van der Waals surface area contributed by atoms with Gasteiger partial charge in [0.1, 0.15) is 0 Å². The van der Waals surface area contributed by atoms with Crippen molar-refractivity contribution in [2.45, 2.75) is 43.7 Å². The lowest BCUT2D eigenvalue weighted by Gasteiger charge is -2.44. The smallest absolute Gasteiger partial charge is 0.0896 e. The molecule has 2 aromatic carbocycles. The highest BCUT2D eigenvalue weighted by atomic mass is 32.2. The third kappa shape index (κ3) is 2.74. The van der Waals surface area contributed by atoms with Crippen LogP contribution in [0.2, 0.25) is 0 Å².